The summed E-state index contributed by atoms with van der Waals surface area (Å²) in [5.74, 6) is -1.23. The van der Waals surface area contributed by atoms with E-state index in [1.54, 1.807) is 12.4 Å². The van der Waals surface area contributed by atoms with Crippen molar-refractivity contribution in [1.29, 1.82) is 0 Å². The molecule has 5 nitrogen and oxygen atoms in total. The number of hydrogen-bond acceptors (Lipinski definition) is 4. The van der Waals surface area contributed by atoms with Crippen LogP contribution < -0.4 is 4.90 Å². The molecule has 1 aliphatic rings. The van der Waals surface area contributed by atoms with Gasteiger partial charge >= 0.3 is 5.97 Å². The zero-order valence-electron chi connectivity index (χ0n) is 7.68. The maximum absolute atomic E-state index is 10.5. The van der Waals surface area contributed by atoms with Crippen LogP contribution in [0.4, 0.5) is 5.69 Å². The smallest absolute Gasteiger partial charge is 0.373 e. The van der Waals surface area contributed by atoms with Crippen molar-refractivity contribution in [3.8, 4) is 0 Å². The van der Waals surface area contributed by atoms with Crippen molar-refractivity contribution in [2.45, 2.75) is 12.8 Å². The molecule has 0 atom stereocenters. The van der Waals surface area contributed by atoms with Gasteiger partial charge in [0.05, 0.1) is 18.1 Å². The lowest BCUT2D eigenvalue weighted by molar-refractivity contribution is 0.0683. The zero-order chi connectivity index (χ0) is 9.97. The van der Waals surface area contributed by atoms with E-state index in [4.69, 9.17) is 5.11 Å². The van der Waals surface area contributed by atoms with Crippen LogP contribution in [0.1, 0.15) is 23.5 Å². The maximum Gasteiger partial charge on any atom is 0.373 e. The molecule has 0 unspecified atom stereocenters. The van der Waals surface area contributed by atoms with Gasteiger partial charge in [0, 0.05) is 13.1 Å². The molecule has 0 spiro atoms. The predicted octanol–water partition coefficient (Wildman–Crippen LogP) is 0.775. The van der Waals surface area contributed by atoms with Crippen LogP contribution >= 0.6 is 0 Å². The third-order valence-corrected chi connectivity index (χ3v) is 2.30. The number of nitrogens with zero attached hydrogens (tertiary/aromatic N) is 3. The molecule has 0 aromatic carbocycles. The molecule has 1 N–H and O–H groups in total. The van der Waals surface area contributed by atoms with E-state index in [0.717, 1.165) is 18.8 Å². The van der Waals surface area contributed by atoms with Crippen molar-refractivity contribution in [2.75, 3.05) is 18.0 Å². The van der Waals surface area contributed by atoms with E-state index < -0.39 is 5.97 Å². The Balaban J connectivity index is 2.16. The van der Waals surface area contributed by atoms with Crippen molar-refractivity contribution < 1.29 is 9.90 Å². The first-order valence-corrected chi connectivity index (χ1v) is 4.57. The standard InChI is InChI=1S/C9H11N3O2/c13-9(14)8-10-5-7(6-11-8)12-3-1-2-4-12/h5-6H,1-4H2,(H,13,14). The maximum atomic E-state index is 10.5. The van der Waals surface area contributed by atoms with Crippen LogP contribution in [0.25, 0.3) is 0 Å². The van der Waals surface area contributed by atoms with Crippen molar-refractivity contribution in [2.24, 2.45) is 0 Å². The predicted molar refractivity (Wildman–Crippen MR) is 50.4 cm³/mol. The van der Waals surface area contributed by atoms with Gasteiger partial charge < -0.3 is 10.0 Å². The summed E-state index contributed by atoms with van der Waals surface area (Å²) >= 11 is 0. The Morgan fingerprint density at radius 1 is 1.29 bits per heavy atom. The number of carboxylic acids is 1. The van der Waals surface area contributed by atoms with Crippen molar-refractivity contribution in [3.05, 3.63) is 18.2 Å². The highest BCUT2D eigenvalue weighted by Crippen LogP contribution is 2.17. The number of carboxylic acid groups (broad SMARTS) is 1. The molecule has 1 fully saturated rings. The molecule has 14 heavy (non-hydrogen) atoms. The van der Waals surface area contributed by atoms with Crippen molar-refractivity contribution in [1.82, 2.24) is 9.97 Å². The molecule has 1 aromatic heterocycles. The van der Waals surface area contributed by atoms with Crippen LogP contribution in [-0.2, 0) is 0 Å². The quantitative estimate of drug-likeness (QED) is 0.751. The third kappa shape index (κ3) is 1.66. The Morgan fingerprint density at radius 3 is 2.36 bits per heavy atom. The topological polar surface area (TPSA) is 66.3 Å². The van der Waals surface area contributed by atoms with Gasteiger partial charge in [0.25, 0.3) is 0 Å². The average molecular weight is 193 g/mol. The third-order valence-electron chi connectivity index (χ3n) is 2.30. The number of rotatable bonds is 2. The molecule has 0 bridgehead atoms. The van der Waals surface area contributed by atoms with E-state index in [1.807, 2.05) is 0 Å². The Hall–Kier alpha value is -1.65. The molecule has 1 saturated heterocycles. The van der Waals surface area contributed by atoms with E-state index in [0.29, 0.717) is 0 Å². The lowest BCUT2D eigenvalue weighted by atomic mass is 10.4. The zero-order valence-corrected chi connectivity index (χ0v) is 7.68. The van der Waals surface area contributed by atoms with E-state index in [2.05, 4.69) is 14.9 Å². The minimum Gasteiger partial charge on any atom is -0.475 e. The van der Waals surface area contributed by atoms with Gasteiger partial charge in [0.15, 0.2) is 0 Å². The highest BCUT2D eigenvalue weighted by molar-refractivity contribution is 5.83. The number of aromatic carboxylic acids is 1. The van der Waals surface area contributed by atoms with E-state index in [1.165, 1.54) is 12.8 Å². The first-order valence-electron chi connectivity index (χ1n) is 4.57. The molecule has 1 aromatic rings. The van der Waals surface area contributed by atoms with E-state index >= 15 is 0 Å². The van der Waals surface area contributed by atoms with Gasteiger partial charge in [-0.15, -0.1) is 0 Å². The Bertz CT molecular complexity index is 330. The first-order chi connectivity index (χ1) is 6.77. The lowest BCUT2D eigenvalue weighted by Crippen LogP contribution is -2.18. The summed E-state index contributed by atoms with van der Waals surface area (Å²) in [6, 6.07) is 0. The van der Waals surface area contributed by atoms with Gasteiger partial charge in [0.1, 0.15) is 0 Å². The summed E-state index contributed by atoms with van der Waals surface area (Å²) in [6.07, 6.45) is 5.50. The number of anilines is 1. The number of aromatic nitrogens is 2. The Kier molecular flexibility index (Phi) is 2.30. The SMILES string of the molecule is O=C(O)c1ncc(N2CCCC2)cn1. The molecular weight excluding hydrogens is 182 g/mol. The summed E-state index contributed by atoms with van der Waals surface area (Å²) in [4.78, 5) is 20.2. The lowest BCUT2D eigenvalue weighted by Gasteiger charge is -2.15. The summed E-state index contributed by atoms with van der Waals surface area (Å²) in [5.41, 5.74) is 0.910. The van der Waals surface area contributed by atoms with Gasteiger partial charge in [-0.2, -0.15) is 0 Å². The number of carbonyl (C=O) groups is 1. The molecule has 74 valence electrons. The van der Waals surface area contributed by atoms with Crippen LogP contribution in [0.3, 0.4) is 0 Å². The van der Waals surface area contributed by atoms with Crippen LogP contribution in [-0.4, -0.2) is 34.1 Å². The second-order valence-corrected chi connectivity index (χ2v) is 3.26. The van der Waals surface area contributed by atoms with Crippen LogP contribution in [0.2, 0.25) is 0 Å². The van der Waals surface area contributed by atoms with E-state index in [9.17, 15) is 4.79 Å². The molecular formula is C9H11N3O2. The minimum atomic E-state index is -1.09. The summed E-state index contributed by atoms with van der Waals surface area (Å²) in [7, 11) is 0. The normalized spacial score (nSPS) is 15.9. The molecule has 0 aliphatic carbocycles. The highest BCUT2D eigenvalue weighted by atomic mass is 16.4. The van der Waals surface area contributed by atoms with Gasteiger partial charge in [0.2, 0.25) is 5.82 Å². The summed E-state index contributed by atoms with van der Waals surface area (Å²) in [5, 5.41) is 8.60. The van der Waals surface area contributed by atoms with Crippen molar-refractivity contribution >= 4 is 11.7 Å². The fraction of sp³-hybridized carbons (Fsp3) is 0.444. The number of hydrogen-bond donors (Lipinski definition) is 1. The molecule has 1 aliphatic heterocycles. The van der Waals surface area contributed by atoms with Crippen LogP contribution in [0.15, 0.2) is 12.4 Å². The van der Waals surface area contributed by atoms with Gasteiger partial charge in [-0.05, 0) is 12.8 Å². The fourth-order valence-electron chi connectivity index (χ4n) is 1.57. The monoisotopic (exact) mass is 193 g/mol. The van der Waals surface area contributed by atoms with Crippen molar-refractivity contribution in [3.63, 3.8) is 0 Å². The molecule has 0 amide bonds. The molecule has 2 heterocycles. The minimum absolute atomic E-state index is 0.145. The van der Waals surface area contributed by atoms with Gasteiger partial charge in [-0.1, -0.05) is 0 Å². The van der Waals surface area contributed by atoms with Gasteiger partial charge in [-0.25, -0.2) is 14.8 Å². The molecule has 5 heteroatoms. The second kappa shape index (κ2) is 3.61. The Morgan fingerprint density at radius 2 is 1.86 bits per heavy atom. The largest absolute Gasteiger partial charge is 0.475 e. The van der Waals surface area contributed by atoms with E-state index in [-0.39, 0.29) is 5.82 Å². The molecule has 0 radical (unpaired) electrons. The molecule has 2 rings (SSSR count). The Labute approximate surface area is 81.4 Å². The van der Waals surface area contributed by atoms with Gasteiger partial charge in [-0.3, -0.25) is 0 Å². The average Bonchev–Trinajstić information content (AvgIpc) is 2.71. The second-order valence-electron chi connectivity index (χ2n) is 3.26. The van der Waals surface area contributed by atoms with Crippen LogP contribution in [0.5, 0.6) is 0 Å². The van der Waals surface area contributed by atoms with Crippen LogP contribution in [0, 0.1) is 0 Å². The summed E-state index contributed by atoms with van der Waals surface area (Å²) in [6.45, 7) is 2.02. The first kappa shape index (κ1) is 8.93. The highest BCUT2D eigenvalue weighted by Gasteiger charge is 2.13. The molecule has 0 saturated carbocycles. The summed E-state index contributed by atoms with van der Waals surface area (Å²) < 4.78 is 0. The fourth-order valence-corrected chi connectivity index (χ4v) is 1.57.